The minimum absolute atomic E-state index is 0.0279. The zero-order valence-corrected chi connectivity index (χ0v) is 16.0. The summed E-state index contributed by atoms with van der Waals surface area (Å²) in [5.74, 6) is -1.64. The molecule has 1 heterocycles. The average molecular weight is 393 g/mol. The minimum Gasteiger partial charge on any atom is -0.468 e. The normalized spacial score (nSPS) is 16.7. The van der Waals surface area contributed by atoms with Gasteiger partial charge in [0, 0.05) is 10.7 Å². The van der Waals surface area contributed by atoms with Gasteiger partial charge in [0.25, 0.3) is 0 Å². The monoisotopic (exact) mass is 392 g/mol. The summed E-state index contributed by atoms with van der Waals surface area (Å²) in [6.45, 7) is 1.71. The molecule has 0 radical (unpaired) electrons. The van der Waals surface area contributed by atoms with Crippen LogP contribution in [-0.4, -0.2) is 31.9 Å². The number of hydrogen-bond acceptors (Lipinski definition) is 7. The van der Waals surface area contributed by atoms with Gasteiger partial charge in [-0.15, -0.1) is 0 Å². The van der Waals surface area contributed by atoms with E-state index in [1.54, 1.807) is 31.2 Å². The van der Waals surface area contributed by atoms with Crippen molar-refractivity contribution in [1.82, 2.24) is 5.32 Å². The van der Waals surface area contributed by atoms with Crippen molar-refractivity contribution in [2.75, 3.05) is 20.0 Å². The number of nitrogens with zero attached hydrogens (tertiary/aromatic N) is 1. The lowest BCUT2D eigenvalue weighted by Crippen LogP contribution is -2.29. The third kappa shape index (κ3) is 4.03. The fourth-order valence-electron chi connectivity index (χ4n) is 2.62. The van der Waals surface area contributed by atoms with E-state index in [0.29, 0.717) is 26.9 Å². The van der Waals surface area contributed by atoms with Gasteiger partial charge in [0.2, 0.25) is 0 Å². The van der Waals surface area contributed by atoms with Crippen LogP contribution in [0.2, 0.25) is 5.02 Å². The van der Waals surface area contributed by atoms with Crippen LogP contribution in [0, 0.1) is 11.3 Å². The number of benzene rings is 1. The molecule has 1 aromatic carbocycles. The topological polar surface area (TPSA) is 88.4 Å². The number of hydrogen-bond donors (Lipinski definition) is 1. The summed E-state index contributed by atoms with van der Waals surface area (Å²) in [4.78, 5) is 23.8. The van der Waals surface area contributed by atoms with Crippen LogP contribution in [0.4, 0.5) is 0 Å². The van der Waals surface area contributed by atoms with Gasteiger partial charge in [-0.1, -0.05) is 41.6 Å². The third-order valence-electron chi connectivity index (χ3n) is 3.83. The highest BCUT2D eigenvalue weighted by Gasteiger charge is 2.36. The van der Waals surface area contributed by atoms with Crippen LogP contribution in [0.25, 0.3) is 0 Å². The second-order valence-corrected chi connectivity index (χ2v) is 6.72. The molecule has 0 aliphatic carbocycles. The number of nitrogens with one attached hydrogen (secondary N) is 1. The second kappa shape index (κ2) is 8.79. The number of nitriles is 1. The van der Waals surface area contributed by atoms with Crippen LogP contribution in [0.1, 0.15) is 18.4 Å². The van der Waals surface area contributed by atoms with Gasteiger partial charge in [-0.05, 0) is 18.6 Å². The SMILES string of the molecule is COC(=O)CSC1=C(C#N)[C@H](c2ccccc2Cl)C(C(=O)OC)=C(C)N1. The number of thioether (sulfide) groups is 1. The van der Waals surface area contributed by atoms with Crippen LogP contribution in [0.5, 0.6) is 0 Å². The molecule has 0 fully saturated rings. The summed E-state index contributed by atoms with van der Waals surface area (Å²) < 4.78 is 9.55. The van der Waals surface area contributed by atoms with Crippen LogP contribution in [-0.2, 0) is 19.1 Å². The fraction of sp³-hybridized carbons (Fsp3) is 0.278. The zero-order chi connectivity index (χ0) is 19.3. The maximum atomic E-state index is 12.4. The van der Waals surface area contributed by atoms with E-state index in [2.05, 4.69) is 16.1 Å². The quantitative estimate of drug-likeness (QED) is 0.770. The molecule has 2 rings (SSSR count). The van der Waals surface area contributed by atoms with Crippen molar-refractivity contribution in [2.24, 2.45) is 0 Å². The lowest BCUT2D eigenvalue weighted by Gasteiger charge is -2.29. The van der Waals surface area contributed by atoms with Gasteiger partial charge in [0.1, 0.15) is 0 Å². The number of halogens is 1. The van der Waals surface area contributed by atoms with E-state index in [1.807, 2.05) is 0 Å². The van der Waals surface area contributed by atoms with Crippen molar-refractivity contribution in [2.45, 2.75) is 12.8 Å². The molecule has 1 aromatic rings. The van der Waals surface area contributed by atoms with E-state index in [0.717, 1.165) is 11.8 Å². The first-order valence-electron chi connectivity index (χ1n) is 7.59. The number of dihydropyridines is 1. The van der Waals surface area contributed by atoms with E-state index in [4.69, 9.17) is 16.3 Å². The number of esters is 2. The Hall–Kier alpha value is -2.43. The number of ether oxygens (including phenoxy) is 2. The van der Waals surface area contributed by atoms with Crippen LogP contribution in [0.15, 0.2) is 46.1 Å². The van der Waals surface area contributed by atoms with Gasteiger partial charge in [-0.25, -0.2) is 4.79 Å². The Morgan fingerprint density at radius 3 is 2.58 bits per heavy atom. The van der Waals surface area contributed by atoms with Gasteiger partial charge in [0.05, 0.1) is 48.1 Å². The Balaban J connectivity index is 2.59. The van der Waals surface area contributed by atoms with E-state index in [1.165, 1.54) is 14.2 Å². The Kier molecular flexibility index (Phi) is 6.72. The number of carbonyl (C=O) groups excluding carboxylic acids is 2. The molecule has 1 N–H and O–H groups in total. The predicted octanol–water partition coefficient (Wildman–Crippen LogP) is 3.12. The first-order chi connectivity index (χ1) is 12.4. The molecule has 0 amide bonds. The standard InChI is InChI=1S/C18H17ClN2O4S/c1-10-15(18(23)25-3)16(11-6-4-5-7-13(11)19)12(8-20)17(21-10)26-9-14(22)24-2/h4-7,16,21H,9H2,1-3H3/t16-/m0/s1. The van der Waals surface area contributed by atoms with Crippen molar-refractivity contribution in [3.63, 3.8) is 0 Å². The van der Waals surface area contributed by atoms with Crippen molar-refractivity contribution in [1.29, 1.82) is 5.26 Å². The first kappa shape index (κ1) is 19.9. The predicted molar refractivity (Wildman–Crippen MR) is 99.2 cm³/mol. The van der Waals surface area contributed by atoms with Crippen LogP contribution >= 0.6 is 23.4 Å². The smallest absolute Gasteiger partial charge is 0.336 e. The first-order valence-corrected chi connectivity index (χ1v) is 8.95. The molecule has 0 saturated heterocycles. The highest BCUT2D eigenvalue weighted by molar-refractivity contribution is 8.03. The highest BCUT2D eigenvalue weighted by atomic mass is 35.5. The number of carbonyl (C=O) groups is 2. The summed E-state index contributed by atoms with van der Waals surface area (Å²) in [5, 5.41) is 13.7. The van der Waals surface area contributed by atoms with Crippen LogP contribution < -0.4 is 5.32 Å². The second-order valence-electron chi connectivity index (χ2n) is 5.33. The maximum absolute atomic E-state index is 12.4. The lowest BCUT2D eigenvalue weighted by molar-refractivity contribution is -0.138. The minimum atomic E-state index is -0.692. The third-order valence-corrected chi connectivity index (χ3v) is 5.17. The largest absolute Gasteiger partial charge is 0.468 e. The molecule has 6 nitrogen and oxygen atoms in total. The van der Waals surface area contributed by atoms with E-state index >= 15 is 0 Å². The van der Waals surface area contributed by atoms with Crippen molar-refractivity contribution in [3.05, 3.63) is 56.7 Å². The molecule has 0 spiro atoms. The molecule has 1 aliphatic rings. The Morgan fingerprint density at radius 1 is 1.31 bits per heavy atom. The van der Waals surface area contributed by atoms with Crippen molar-refractivity contribution in [3.8, 4) is 6.07 Å². The molecule has 0 bridgehead atoms. The van der Waals surface area contributed by atoms with E-state index < -0.39 is 17.9 Å². The molecule has 8 heteroatoms. The van der Waals surface area contributed by atoms with Gasteiger partial charge >= 0.3 is 11.9 Å². The molecule has 136 valence electrons. The van der Waals surface area contributed by atoms with Gasteiger partial charge < -0.3 is 14.8 Å². The summed E-state index contributed by atoms with van der Waals surface area (Å²) in [6.07, 6.45) is 0. The number of allylic oxidation sites excluding steroid dienone is 2. The summed E-state index contributed by atoms with van der Waals surface area (Å²) in [7, 11) is 2.58. The Bertz CT molecular complexity index is 842. The molecule has 1 atom stereocenters. The molecule has 1 aliphatic heterocycles. The van der Waals surface area contributed by atoms with Crippen molar-refractivity contribution < 1.29 is 19.1 Å². The summed E-state index contributed by atoms with van der Waals surface area (Å²) in [6, 6.07) is 9.15. The molecule has 26 heavy (non-hydrogen) atoms. The lowest BCUT2D eigenvalue weighted by atomic mass is 9.82. The van der Waals surface area contributed by atoms with Crippen molar-refractivity contribution >= 4 is 35.3 Å². The average Bonchev–Trinajstić information content (AvgIpc) is 2.65. The molecule has 0 saturated carbocycles. The number of rotatable bonds is 5. The van der Waals surface area contributed by atoms with Gasteiger partial charge in [-0.2, -0.15) is 5.26 Å². The Morgan fingerprint density at radius 2 is 2.00 bits per heavy atom. The Labute approximate surface area is 160 Å². The molecule has 0 aromatic heterocycles. The van der Waals surface area contributed by atoms with E-state index in [-0.39, 0.29) is 11.3 Å². The van der Waals surface area contributed by atoms with Crippen LogP contribution in [0.3, 0.4) is 0 Å². The van der Waals surface area contributed by atoms with Gasteiger partial charge in [-0.3, -0.25) is 4.79 Å². The van der Waals surface area contributed by atoms with Gasteiger partial charge in [0.15, 0.2) is 0 Å². The highest BCUT2D eigenvalue weighted by Crippen LogP contribution is 2.43. The summed E-state index contributed by atoms with van der Waals surface area (Å²) in [5.41, 5.74) is 1.74. The maximum Gasteiger partial charge on any atom is 0.336 e. The fourth-order valence-corrected chi connectivity index (χ4v) is 3.79. The zero-order valence-electron chi connectivity index (χ0n) is 14.5. The molecule has 0 unspecified atom stereocenters. The summed E-state index contributed by atoms with van der Waals surface area (Å²) >= 11 is 7.46. The van der Waals surface area contributed by atoms with E-state index in [9.17, 15) is 14.9 Å². The number of methoxy groups -OCH3 is 2. The molecular weight excluding hydrogens is 376 g/mol. The molecular formula is C18H17ClN2O4S.